The minimum Gasteiger partial charge on any atom is -0.480 e. The van der Waals surface area contributed by atoms with Crippen LogP contribution in [0.4, 0.5) is 0 Å². The normalized spacial score (nSPS) is 14.8. The molecular formula is C14H21NO4S. The molecule has 0 bridgehead atoms. The van der Waals surface area contributed by atoms with Gasteiger partial charge in [0, 0.05) is 0 Å². The summed E-state index contributed by atoms with van der Waals surface area (Å²) in [7, 11) is -3.82. The molecule has 0 amide bonds. The molecule has 0 radical (unpaired) electrons. The van der Waals surface area contributed by atoms with Gasteiger partial charge < -0.3 is 5.11 Å². The Morgan fingerprint density at radius 2 is 1.80 bits per heavy atom. The Balaban J connectivity index is 3.00. The van der Waals surface area contributed by atoms with Crippen molar-refractivity contribution in [3.8, 4) is 0 Å². The second kappa shape index (κ2) is 6.85. The second-order valence-electron chi connectivity index (χ2n) is 4.82. The first kappa shape index (κ1) is 16.7. The molecule has 112 valence electrons. The first-order chi connectivity index (χ1) is 9.31. The van der Waals surface area contributed by atoms with Crippen LogP contribution in [-0.4, -0.2) is 25.5 Å². The van der Waals surface area contributed by atoms with Crippen molar-refractivity contribution in [1.29, 1.82) is 0 Å². The highest BCUT2D eigenvalue weighted by molar-refractivity contribution is 7.89. The molecule has 0 spiro atoms. The third kappa shape index (κ3) is 4.05. The summed E-state index contributed by atoms with van der Waals surface area (Å²) in [5, 5.41) is 9.14. The van der Waals surface area contributed by atoms with E-state index in [0.29, 0.717) is 6.42 Å². The molecule has 0 aliphatic carbocycles. The molecule has 0 heterocycles. The fraction of sp³-hybridized carbons (Fsp3) is 0.500. The molecular weight excluding hydrogens is 278 g/mol. The number of aryl methyl sites for hydroxylation is 1. The fourth-order valence-corrected chi connectivity index (χ4v) is 3.08. The number of carboxylic acid groups (broad SMARTS) is 1. The van der Waals surface area contributed by atoms with Crippen molar-refractivity contribution in [2.45, 2.75) is 44.6 Å². The van der Waals surface area contributed by atoms with Gasteiger partial charge in [0.15, 0.2) is 0 Å². The van der Waals surface area contributed by atoms with Crippen LogP contribution in [0, 0.1) is 5.92 Å². The summed E-state index contributed by atoms with van der Waals surface area (Å²) in [4.78, 5) is 11.3. The fourth-order valence-electron chi connectivity index (χ4n) is 1.79. The molecule has 6 heteroatoms. The molecule has 5 nitrogen and oxygen atoms in total. The van der Waals surface area contributed by atoms with Crippen LogP contribution in [-0.2, 0) is 21.2 Å². The number of nitrogens with one attached hydrogen (secondary N) is 1. The molecule has 0 saturated carbocycles. The summed E-state index contributed by atoms with van der Waals surface area (Å²) in [6.07, 6.45) is 1.40. The maximum Gasteiger partial charge on any atom is 0.322 e. The Labute approximate surface area is 120 Å². The van der Waals surface area contributed by atoms with Gasteiger partial charge in [-0.1, -0.05) is 39.3 Å². The number of benzene rings is 1. The van der Waals surface area contributed by atoms with E-state index < -0.39 is 22.0 Å². The Morgan fingerprint density at radius 3 is 2.20 bits per heavy atom. The summed E-state index contributed by atoms with van der Waals surface area (Å²) in [5.74, 6) is -1.44. The Bertz CT molecular complexity index is 551. The third-order valence-electron chi connectivity index (χ3n) is 3.40. The topological polar surface area (TPSA) is 83.5 Å². The van der Waals surface area contributed by atoms with E-state index in [0.717, 1.165) is 12.0 Å². The monoisotopic (exact) mass is 299 g/mol. The van der Waals surface area contributed by atoms with Gasteiger partial charge in [-0.3, -0.25) is 4.79 Å². The highest BCUT2D eigenvalue weighted by Crippen LogP contribution is 2.15. The van der Waals surface area contributed by atoms with E-state index in [9.17, 15) is 13.2 Å². The molecule has 0 fully saturated rings. The predicted molar refractivity (Wildman–Crippen MR) is 77.0 cm³/mol. The maximum absolute atomic E-state index is 12.2. The van der Waals surface area contributed by atoms with Crippen LogP contribution < -0.4 is 4.72 Å². The third-order valence-corrected chi connectivity index (χ3v) is 4.86. The molecule has 0 aromatic heterocycles. The minimum absolute atomic E-state index is 0.0873. The zero-order chi connectivity index (χ0) is 15.3. The summed E-state index contributed by atoms with van der Waals surface area (Å²) in [6, 6.07) is 5.34. The summed E-state index contributed by atoms with van der Waals surface area (Å²) in [6.45, 7) is 5.51. The number of carbonyl (C=O) groups is 1. The lowest BCUT2D eigenvalue weighted by atomic mass is 10.0. The van der Waals surface area contributed by atoms with E-state index in [1.807, 2.05) is 13.8 Å². The van der Waals surface area contributed by atoms with Crippen LogP contribution in [0.15, 0.2) is 29.2 Å². The van der Waals surface area contributed by atoms with Crippen LogP contribution in [0.3, 0.4) is 0 Å². The number of aliphatic carboxylic acids is 1. The average molecular weight is 299 g/mol. The maximum atomic E-state index is 12.2. The second-order valence-corrected chi connectivity index (χ2v) is 6.53. The number of sulfonamides is 1. The molecule has 1 rings (SSSR count). The molecule has 1 aromatic carbocycles. The Kier molecular flexibility index (Phi) is 5.71. The van der Waals surface area contributed by atoms with Gasteiger partial charge >= 0.3 is 5.97 Å². The largest absolute Gasteiger partial charge is 0.480 e. The number of rotatable bonds is 7. The lowest BCUT2D eigenvalue weighted by molar-refractivity contribution is -0.140. The van der Waals surface area contributed by atoms with Crippen LogP contribution in [0.2, 0.25) is 0 Å². The molecule has 2 atom stereocenters. The standard InChI is InChI=1S/C14H21NO4S/c1-4-10(3)13(14(16)17)15-20(18,19)12-8-6-11(5-2)7-9-12/h6-10,13,15H,4-5H2,1-3H3,(H,16,17)/t10?,13-/m0/s1. The van der Waals surface area contributed by atoms with Gasteiger partial charge in [-0.2, -0.15) is 4.72 Å². The van der Waals surface area contributed by atoms with Crippen LogP contribution in [0.5, 0.6) is 0 Å². The molecule has 0 aliphatic rings. The first-order valence-electron chi connectivity index (χ1n) is 6.65. The smallest absolute Gasteiger partial charge is 0.322 e. The number of carboxylic acids is 1. The van der Waals surface area contributed by atoms with Crippen molar-refractivity contribution in [1.82, 2.24) is 4.72 Å². The number of hydrogen-bond donors (Lipinski definition) is 2. The van der Waals surface area contributed by atoms with Gasteiger partial charge in [0.25, 0.3) is 0 Å². The quantitative estimate of drug-likeness (QED) is 0.807. The van der Waals surface area contributed by atoms with Crippen molar-refractivity contribution < 1.29 is 18.3 Å². The molecule has 0 saturated heterocycles. The average Bonchev–Trinajstić information content (AvgIpc) is 2.43. The van der Waals surface area contributed by atoms with Crippen molar-refractivity contribution in [2.24, 2.45) is 5.92 Å². The van der Waals surface area contributed by atoms with Gasteiger partial charge in [-0.25, -0.2) is 8.42 Å². The highest BCUT2D eigenvalue weighted by Gasteiger charge is 2.29. The van der Waals surface area contributed by atoms with Crippen molar-refractivity contribution in [3.63, 3.8) is 0 Å². The zero-order valence-corrected chi connectivity index (χ0v) is 12.8. The van der Waals surface area contributed by atoms with Gasteiger partial charge in [-0.15, -0.1) is 0 Å². The van der Waals surface area contributed by atoms with Crippen molar-refractivity contribution >= 4 is 16.0 Å². The van der Waals surface area contributed by atoms with E-state index in [2.05, 4.69) is 4.72 Å². The van der Waals surface area contributed by atoms with Crippen LogP contribution in [0.1, 0.15) is 32.8 Å². The van der Waals surface area contributed by atoms with E-state index in [-0.39, 0.29) is 10.8 Å². The summed E-state index contributed by atoms with van der Waals surface area (Å²) >= 11 is 0. The van der Waals surface area contributed by atoms with E-state index in [1.54, 1.807) is 19.1 Å². The molecule has 0 aliphatic heterocycles. The lowest BCUT2D eigenvalue weighted by Crippen LogP contribution is -2.44. The summed E-state index contributed by atoms with van der Waals surface area (Å²) in [5.41, 5.74) is 1.03. The van der Waals surface area contributed by atoms with Crippen molar-refractivity contribution in [2.75, 3.05) is 0 Å². The van der Waals surface area contributed by atoms with Crippen LogP contribution >= 0.6 is 0 Å². The SMILES string of the molecule is CCc1ccc(S(=O)(=O)N[C@H](C(=O)O)C(C)CC)cc1. The molecule has 1 unspecified atom stereocenters. The Morgan fingerprint density at radius 1 is 1.25 bits per heavy atom. The van der Waals surface area contributed by atoms with Crippen LogP contribution in [0.25, 0.3) is 0 Å². The van der Waals surface area contributed by atoms with E-state index in [4.69, 9.17) is 5.11 Å². The van der Waals surface area contributed by atoms with Gasteiger partial charge in [0.05, 0.1) is 4.90 Å². The van der Waals surface area contributed by atoms with E-state index >= 15 is 0 Å². The zero-order valence-electron chi connectivity index (χ0n) is 12.0. The highest BCUT2D eigenvalue weighted by atomic mass is 32.2. The van der Waals surface area contributed by atoms with Gasteiger partial charge in [0.2, 0.25) is 10.0 Å². The minimum atomic E-state index is -3.82. The lowest BCUT2D eigenvalue weighted by Gasteiger charge is -2.20. The Hall–Kier alpha value is -1.40. The molecule has 1 aromatic rings. The molecule has 20 heavy (non-hydrogen) atoms. The van der Waals surface area contributed by atoms with Crippen molar-refractivity contribution in [3.05, 3.63) is 29.8 Å². The van der Waals surface area contributed by atoms with Gasteiger partial charge in [-0.05, 0) is 30.0 Å². The summed E-state index contributed by atoms with van der Waals surface area (Å²) < 4.78 is 26.7. The number of hydrogen-bond acceptors (Lipinski definition) is 3. The predicted octanol–water partition coefficient (Wildman–Crippen LogP) is 2.03. The molecule has 2 N–H and O–H groups in total. The first-order valence-corrected chi connectivity index (χ1v) is 8.14. The van der Waals surface area contributed by atoms with Gasteiger partial charge in [0.1, 0.15) is 6.04 Å². The van der Waals surface area contributed by atoms with E-state index in [1.165, 1.54) is 12.1 Å².